The summed E-state index contributed by atoms with van der Waals surface area (Å²) in [6, 6.07) is -1.21. The van der Waals surface area contributed by atoms with E-state index < -0.39 is 29.7 Å². The molecule has 0 aromatic heterocycles. The van der Waals surface area contributed by atoms with E-state index in [0.717, 1.165) is 0 Å². The van der Waals surface area contributed by atoms with Crippen molar-refractivity contribution in [3.05, 3.63) is 0 Å². The minimum Gasteiger partial charge on any atom is -0.444 e. The van der Waals surface area contributed by atoms with Gasteiger partial charge in [0, 0.05) is 24.9 Å². The number of halogens is 2. The number of hydrogen-bond donors (Lipinski definition) is 2. The molecule has 1 aliphatic carbocycles. The zero-order chi connectivity index (χ0) is 13.3. The molecule has 0 aliphatic heterocycles. The average Bonchev–Trinajstić information content (AvgIpc) is 1.93. The van der Waals surface area contributed by atoms with Crippen molar-refractivity contribution in [2.24, 2.45) is 5.73 Å². The van der Waals surface area contributed by atoms with Crippen molar-refractivity contribution in [2.45, 2.75) is 63.6 Å². The zero-order valence-electron chi connectivity index (χ0n) is 10.4. The minimum atomic E-state index is -2.81. The Morgan fingerprint density at radius 3 is 2.47 bits per heavy atom. The number of carbonyl (C=O) groups is 1. The molecule has 3 N–H and O–H groups in total. The Bertz CT molecular complexity index is 290. The standard InChI is InChI=1S/C11H20F2N2O2/c1-10(2,3)17-9(16)15-8-4-7(14)5-11(12,13)6-8/h7-8H,4-6,14H2,1-3H3,(H,15,16)/t7-,8+/m1/s1. The van der Waals surface area contributed by atoms with E-state index in [1.54, 1.807) is 20.8 Å². The lowest BCUT2D eigenvalue weighted by Crippen LogP contribution is -2.49. The molecule has 0 saturated heterocycles. The summed E-state index contributed by atoms with van der Waals surface area (Å²) in [5, 5.41) is 2.44. The Balaban J connectivity index is 2.49. The van der Waals surface area contributed by atoms with Gasteiger partial charge in [0.2, 0.25) is 0 Å². The fourth-order valence-corrected chi connectivity index (χ4v) is 1.94. The van der Waals surface area contributed by atoms with Gasteiger partial charge in [-0.3, -0.25) is 0 Å². The number of carbonyl (C=O) groups excluding carboxylic acids is 1. The molecule has 100 valence electrons. The Labute approximate surface area is 99.9 Å². The van der Waals surface area contributed by atoms with Gasteiger partial charge in [-0.05, 0) is 27.2 Å². The first-order valence-corrected chi connectivity index (χ1v) is 5.70. The fraction of sp³-hybridized carbons (Fsp3) is 0.909. The predicted octanol–water partition coefficient (Wildman–Crippen LogP) is 2.03. The summed E-state index contributed by atoms with van der Waals surface area (Å²) in [7, 11) is 0. The molecular formula is C11H20F2N2O2. The number of hydrogen-bond acceptors (Lipinski definition) is 3. The Morgan fingerprint density at radius 1 is 1.41 bits per heavy atom. The van der Waals surface area contributed by atoms with Gasteiger partial charge in [0.1, 0.15) is 5.60 Å². The number of amides is 1. The highest BCUT2D eigenvalue weighted by atomic mass is 19.3. The van der Waals surface area contributed by atoms with E-state index in [2.05, 4.69) is 5.32 Å². The molecule has 0 aromatic rings. The summed E-state index contributed by atoms with van der Waals surface area (Å²) in [5.41, 5.74) is 4.90. The summed E-state index contributed by atoms with van der Waals surface area (Å²) in [4.78, 5) is 11.4. The molecule has 0 aromatic carbocycles. The quantitative estimate of drug-likeness (QED) is 0.748. The number of alkyl halides is 2. The minimum absolute atomic E-state index is 0.320. The van der Waals surface area contributed by atoms with Crippen LogP contribution in [0, 0.1) is 0 Å². The van der Waals surface area contributed by atoms with E-state index >= 15 is 0 Å². The van der Waals surface area contributed by atoms with E-state index in [4.69, 9.17) is 10.5 Å². The molecule has 0 radical (unpaired) electrons. The highest BCUT2D eigenvalue weighted by Crippen LogP contribution is 2.32. The van der Waals surface area contributed by atoms with Gasteiger partial charge < -0.3 is 15.8 Å². The van der Waals surface area contributed by atoms with E-state index in [1.807, 2.05) is 0 Å². The number of nitrogens with two attached hydrogens (primary N) is 1. The molecule has 1 rings (SSSR count). The maximum absolute atomic E-state index is 13.2. The van der Waals surface area contributed by atoms with Crippen molar-refractivity contribution in [1.29, 1.82) is 0 Å². The molecular weight excluding hydrogens is 230 g/mol. The van der Waals surface area contributed by atoms with Crippen molar-refractivity contribution >= 4 is 6.09 Å². The third kappa shape index (κ3) is 5.30. The van der Waals surface area contributed by atoms with Crippen LogP contribution in [0.3, 0.4) is 0 Å². The van der Waals surface area contributed by atoms with Crippen molar-refractivity contribution in [3.63, 3.8) is 0 Å². The summed E-state index contributed by atoms with van der Waals surface area (Å²) in [6.45, 7) is 5.15. The molecule has 0 unspecified atom stereocenters. The van der Waals surface area contributed by atoms with Crippen LogP contribution in [-0.4, -0.2) is 29.7 Å². The number of nitrogens with one attached hydrogen (secondary N) is 1. The topological polar surface area (TPSA) is 64.3 Å². The summed E-state index contributed by atoms with van der Waals surface area (Å²) in [6.07, 6.45) is -1.01. The van der Waals surface area contributed by atoms with Gasteiger partial charge in [-0.15, -0.1) is 0 Å². The maximum Gasteiger partial charge on any atom is 0.407 e. The second-order valence-electron chi connectivity index (χ2n) is 5.60. The molecule has 4 nitrogen and oxygen atoms in total. The van der Waals surface area contributed by atoms with Crippen molar-refractivity contribution in [1.82, 2.24) is 5.32 Å². The second-order valence-corrected chi connectivity index (χ2v) is 5.60. The van der Waals surface area contributed by atoms with Gasteiger partial charge in [-0.1, -0.05) is 0 Å². The van der Waals surface area contributed by atoms with Gasteiger partial charge in [-0.2, -0.15) is 0 Å². The molecule has 1 aliphatic rings. The number of alkyl carbamates (subject to hydrolysis) is 1. The van der Waals surface area contributed by atoms with Gasteiger partial charge >= 0.3 is 6.09 Å². The van der Waals surface area contributed by atoms with Gasteiger partial charge in [0.25, 0.3) is 5.92 Å². The second kappa shape index (κ2) is 4.76. The third-order valence-electron chi connectivity index (χ3n) is 2.41. The van der Waals surface area contributed by atoms with Crippen LogP contribution >= 0.6 is 0 Å². The van der Waals surface area contributed by atoms with Crippen LogP contribution in [0.25, 0.3) is 0 Å². The first-order chi connectivity index (χ1) is 7.57. The Morgan fingerprint density at radius 2 is 2.00 bits per heavy atom. The molecule has 0 bridgehead atoms. The van der Waals surface area contributed by atoms with Crippen molar-refractivity contribution < 1.29 is 18.3 Å². The lowest BCUT2D eigenvalue weighted by Gasteiger charge is -2.33. The monoisotopic (exact) mass is 250 g/mol. The van der Waals surface area contributed by atoms with E-state index in [0.29, 0.717) is 6.42 Å². The molecule has 2 atom stereocenters. The predicted molar refractivity (Wildman–Crippen MR) is 59.9 cm³/mol. The summed E-state index contributed by atoms with van der Waals surface area (Å²) < 4.78 is 31.5. The van der Waals surface area contributed by atoms with Crippen molar-refractivity contribution in [3.8, 4) is 0 Å². The maximum atomic E-state index is 13.2. The Hall–Kier alpha value is -0.910. The molecule has 6 heteroatoms. The molecule has 0 spiro atoms. The van der Waals surface area contributed by atoms with Crippen LogP contribution < -0.4 is 11.1 Å². The summed E-state index contributed by atoms with van der Waals surface area (Å²) in [5.74, 6) is -2.81. The van der Waals surface area contributed by atoms with E-state index in [-0.39, 0.29) is 12.8 Å². The first kappa shape index (κ1) is 14.2. The largest absolute Gasteiger partial charge is 0.444 e. The SMILES string of the molecule is CC(C)(C)OC(=O)N[C@H]1C[C@@H](N)CC(F)(F)C1. The molecule has 0 heterocycles. The lowest BCUT2D eigenvalue weighted by molar-refractivity contribution is -0.0506. The third-order valence-corrected chi connectivity index (χ3v) is 2.41. The van der Waals surface area contributed by atoms with Crippen LogP contribution in [0.4, 0.5) is 13.6 Å². The van der Waals surface area contributed by atoms with Crippen LogP contribution in [0.2, 0.25) is 0 Å². The first-order valence-electron chi connectivity index (χ1n) is 5.70. The number of rotatable bonds is 1. The van der Waals surface area contributed by atoms with Crippen LogP contribution in [0.1, 0.15) is 40.0 Å². The van der Waals surface area contributed by atoms with Gasteiger partial charge in [0.15, 0.2) is 0 Å². The molecule has 1 saturated carbocycles. The highest BCUT2D eigenvalue weighted by Gasteiger charge is 2.40. The van der Waals surface area contributed by atoms with Gasteiger partial charge in [0.05, 0.1) is 0 Å². The van der Waals surface area contributed by atoms with Crippen LogP contribution in [0.15, 0.2) is 0 Å². The van der Waals surface area contributed by atoms with Crippen molar-refractivity contribution in [2.75, 3.05) is 0 Å². The van der Waals surface area contributed by atoms with Gasteiger partial charge in [-0.25, -0.2) is 13.6 Å². The summed E-state index contributed by atoms with van der Waals surface area (Å²) >= 11 is 0. The fourth-order valence-electron chi connectivity index (χ4n) is 1.94. The normalized spacial score (nSPS) is 28.6. The molecule has 17 heavy (non-hydrogen) atoms. The van der Waals surface area contributed by atoms with Crippen LogP contribution in [0.5, 0.6) is 0 Å². The van der Waals surface area contributed by atoms with E-state index in [9.17, 15) is 13.6 Å². The Kier molecular flexibility index (Phi) is 3.96. The molecule has 1 fully saturated rings. The number of ether oxygens (including phenoxy) is 1. The highest BCUT2D eigenvalue weighted by molar-refractivity contribution is 5.68. The average molecular weight is 250 g/mol. The smallest absolute Gasteiger partial charge is 0.407 e. The van der Waals surface area contributed by atoms with Crippen LogP contribution in [-0.2, 0) is 4.74 Å². The molecule has 1 amide bonds. The zero-order valence-corrected chi connectivity index (χ0v) is 10.4. The van der Waals surface area contributed by atoms with E-state index in [1.165, 1.54) is 0 Å². The lowest BCUT2D eigenvalue weighted by atomic mass is 9.88.